The highest BCUT2D eigenvalue weighted by molar-refractivity contribution is 5.43. The predicted molar refractivity (Wildman–Crippen MR) is 112 cm³/mol. The lowest BCUT2D eigenvalue weighted by atomic mass is 9.88. The lowest BCUT2D eigenvalue weighted by Gasteiger charge is -2.19. The van der Waals surface area contributed by atoms with Crippen molar-refractivity contribution in [2.75, 3.05) is 0 Å². The van der Waals surface area contributed by atoms with Crippen LogP contribution >= 0.6 is 0 Å². The van der Waals surface area contributed by atoms with E-state index < -0.39 is 0 Å². The normalized spacial score (nSPS) is 12.1. The monoisotopic (exact) mass is 377 g/mol. The Bertz CT molecular complexity index is 1160. The largest absolute Gasteiger partial charge is 0.269 e. The number of aromatic nitrogens is 5. The molecule has 0 atom stereocenters. The van der Waals surface area contributed by atoms with Crippen LogP contribution in [0.4, 0.5) is 0 Å². The van der Waals surface area contributed by atoms with Crippen molar-refractivity contribution >= 4 is 11.3 Å². The molecule has 0 aliphatic heterocycles. The number of nitrogens with zero attached hydrogens (tertiary/aromatic N) is 5. The summed E-state index contributed by atoms with van der Waals surface area (Å²) >= 11 is 0. The third kappa shape index (κ3) is 4.27. The van der Waals surface area contributed by atoms with Crippen molar-refractivity contribution in [1.29, 1.82) is 0 Å². The maximum atomic E-state index is 11.5. The van der Waals surface area contributed by atoms with Gasteiger partial charge < -0.3 is 0 Å². The first-order valence-electron chi connectivity index (χ1n) is 9.33. The van der Waals surface area contributed by atoms with E-state index in [0.717, 1.165) is 5.65 Å². The molecule has 0 aromatic carbocycles. The molecular weight excluding hydrogens is 350 g/mol. The van der Waals surface area contributed by atoms with Gasteiger partial charge in [-0.05, 0) is 46.2 Å². The first kappa shape index (κ1) is 19.7. The number of fused-ring (bicyclic) bond motifs is 2. The van der Waals surface area contributed by atoms with Crippen molar-refractivity contribution in [3.8, 4) is 0 Å². The molecule has 0 N–H and O–H groups in total. The molecule has 0 amide bonds. The SMILES string of the molecule is CC(C)(C)c1ccn2c(=O)ccnc2c1.CC(C)(C)c1ccn2ncnc2c1. The van der Waals surface area contributed by atoms with E-state index in [1.165, 1.54) is 17.2 Å². The minimum atomic E-state index is -0.0412. The summed E-state index contributed by atoms with van der Waals surface area (Å²) in [5, 5.41) is 4.05. The minimum absolute atomic E-state index is 0.0412. The van der Waals surface area contributed by atoms with Gasteiger partial charge in [0.15, 0.2) is 5.65 Å². The summed E-state index contributed by atoms with van der Waals surface area (Å²) in [6.07, 6.45) is 6.85. The van der Waals surface area contributed by atoms with E-state index in [0.29, 0.717) is 5.65 Å². The first-order chi connectivity index (χ1) is 13.1. The van der Waals surface area contributed by atoms with Crippen molar-refractivity contribution in [1.82, 2.24) is 24.0 Å². The molecule has 28 heavy (non-hydrogen) atoms. The zero-order valence-electron chi connectivity index (χ0n) is 17.3. The number of hydrogen-bond donors (Lipinski definition) is 0. The zero-order chi connectivity index (χ0) is 20.5. The average molecular weight is 377 g/mol. The van der Waals surface area contributed by atoms with E-state index in [2.05, 4.69) is 68.7 Å². The molecule has 0 bridgehead atoms. The van der Waals surface area contributed by atoms with Gasteiger partial charge in [0.1, 0.15) is 12.0 Å². The average Bonchev–Trinajstić information content (AvgIpc) is 3.08. The molecule has 4 aromatic rings. The Morgan fingerprint density at radius 1 is 0.786 bits per heavy atom. The third-order valence-electron chi connectivity index (χ3n) is 4.61. The summed E-state index contributed by atoms with van der Waals surface area (Å²) < 4.78 is 3.32. The van der Waals surface area contributed by atoms with Crippen LogP contribution in [0.2, 0.25) is 0 Å². The molecule has 0 spiro atoms. The molecule has 0 radical (unpaired) electrons. The second kappa shape index (κ2) is 7.19. The summed E-state index contributed by atoms with van der Waals surface area (Å²) in [5.74, 6) is 0. The Kier molecular flexibility index (Phi) is 5.06. The lowest BCUT2D eigenvalue weighted by Crippen LogP contribution is -2.16. The molecule has 0 unspecified atom stereocenters. The molecule has 0 aliphatic carbocycles. The second-order valence-electron chi connectivity index (χ2n) is 8.90. The Hall–Kier alpha value is -3.02. The quantitative estimate of drug-likeness (QED) is 0.464. The molecule has 4 aromatic heterocycles. The molecule has 0 fully saturated rings. The van der Waals surface area contributed by atoms with E-state index in [1.54, 1.807) is 27.6 Å². The van der Waals surface area contributed by atoms with E-state index >= 15 is 0 Å². The highest BCUT2D eigenvalue weighted by Gasteiger charge is 2.14. The van der Waals surface area contributed by atoms with Crippen molar-refractivity contribution < 1.29 is 0 Å². The van der Waals surface area contributed by atoms with Gasteiger partial charge in [0.25, 0.3) is 5.56 Å². The van der Waals surface area contributed by atoms with E-state index in [1.807, 2.05) is 18.3 Å². The van der Waals surface area contributed by atoms with E-state index in [9.17, 15) is 4.79 Å². The van der Waals surface area contributed by atoms with Gasteiger partial charge in [-0.15, -0.1) is 0 Å². The van der Waals surface area contributed by atoms with Gasteiger partial charge in [-0.25, -0.2) is 14.5 Å². The summed E-state index contributed by atoms with van der Waals surface area (Å²) in [5.41, 5.74) is 4.29. The summed E-state index contributed by atoms with van der Waals surface area (Å²) in [4.78, 5) is 19.8. The fraction of sp³-hybridized carbons (Fsp3) is 0.364. The van der Waals surface area contributed by atoms with Gasteiger partial charge in [-0.2, -0.15) is 5.10 Å². The number of hydrogen-bond acceptors (Lipinski definition) is 4. The van der Waals surface area contributed by atoms with Gasteiger partial charge in [0.2, 0.25) is 0 Å². The Labute approximate surface area is 164 Å². The molecule has 146 valence electrons. The van der Waals surface area contributed by atoms with Crippen LogP contribution in [0.15, 0.2) is 60.0 Å². The number of pyridine rings is 2. The molecule has 4 rings (SSSR count). The van der Waals surface area contributed by atoms with E-state index in [-0.39, 0.29) is 16.4 Å². The predicted octanol–water partition coefficient (Wildman–Crippen LogP) is 4.02. The van der Waals surface area contributed by atoms with Crippen LogP contribution in [-0.4, -0.2) is 24.0 Å². The van der Waals surface area contributed by atoms with Crippen LogP contribution in [0.25, 0.3) is 11.3 Å². The summed E-state index contributed by atoms with van der Waals surface area (Å²) in [6.45, 7) is 13.0. The highest BCUT2D eigenvalue weighted by atomic mass is 16.1. The van der Waals surface area contributed by atoms with Crippen molar-refractivity contribution in [2.45, 2.75) is 52.4 Å². The van der Waals surface area contributed by atoms with Gasteiger partial charge in [0.05, 0.1) is 0 Å². The molecular formula is C22H27N5O. The maximum absolute atomic E-state index is 11.5. The minimum Gasteiger partial charge on any atom is -0.269 e. The highest BCUT2D eigenvalue weighted by Crippen LogP contribution is 2.23. The molecule has 6 nitrogen and oxygen atoms in total. The smallest absolute Gasteiger partial charge is 0.257 e. The molecule has 6 heteroatoms. The van der Waals surface area contributed by atoms with Crippen LogP contribution < -0.4 is 5.56 Å². The zero-order valence-corrected chi connectivity index (χ0v) is 17.3. The Morgan fingerprint density at radius 3 is 2.04 bits per heavy atom. The Morgan fingerprint density at radius 2 is 1.39 bits per heavy atom. The topological polar surface area (TPSA) is 64.6 Å². The van der Waals surface area contributed by atoms with E-state index in [4.69, 9.17) is 0 Å². The van der Waals surface area contributed by atoms with Crippen molar-refractivity contribution in [3.63, 3.8) is 0 Å². The van der Waals surface area contributed by atoms with Crippen LogP contribution in [0, 0.1) is 0 Å². The maximum Gasteiger partial charge on any atom is 0.257 e. The van der Waals surface area contributed by atoms with Crippen LogP contribution in [0.5, 0.6) is 0 Å². The second-order valence-corrected chi connectivity index (χ2v) is 8.90. The molecule has 4 heterocycles. The van der Waals surface area contributed by atoms with Gasteiger partial charge in [-0.1, -0.05) is 41.5 Å². The standard InChI is InChI=1S/C12H14N2O.C10H13N3/c1-12(2,3)9-5-7-14-10(8-9)13-6-4-11(14)15;1-10(2,3)8-4-5-13-9(6-8)11-7-12-13/h4-8H,1-3H3;4-7H,1-3H3. The fourth-order valence-electron chi connectivity index (χ4n) is 2.78. The first-order valence-corrected chi connectivity index (χ1v) is 9.33. The summed E-state index contributed by atoms with van der Waals surface area (Å²) in [6, 6.07) is 9.55. The Balaban J connectivity index is 0.000000162. The molecule has 0 saturated carbocycles. The van der Waals surface area contributed by atoms with Gasteiger partial charge >= 0.3 is 0 Å². The van der Waals surface area contributed by atoms with Crippen molar-refractivity contribution in [3.05, 3.63) is 76.7 Å². The third-order valence-corrected chi connectivity index (χ3v) is 4.61. The van der Waals surface area contributed by atoms with Gasteiger partial charge in [-0.3, -0.25) is 9.20 Å². The fourth-order valence-corrected chi connectivity index (χ4v) is 2.78. The molecule has 0 aliphatic rings. The number of rotatable bonds is 0. The van der Waals surface area contributed by atoms with Gasteiger partial charge in [0, 0.05) is 24.7 Å². The summed E-state index contributed by atoms with van der Waals surface area (Å²) in [7, 11) is 0. The van der Waals surface area contributed by atoms with Crippen LogP contribution in [-0.2, 0) is 10.8 Å². The van der Waals surface area contributed by atoms with Crippen LogP contribution in [0.3, 0.4) is 0 Å². The van der Waals surface area contributed by atoms with Crippen molar-refractivity contribution in [2.24, 2.45) is 0 Å². The lowest BCUT2D eigenvalue weighted by molar-refractivity contribution is 0.589. The van der Waals surface area contributed by atoms with Crippen LogP contribution in [0.1, 0.15) is 52.7 Å². The molecule has 0 saturated heterocycles.